The summed E-state index contributed by atoms with van der Waals surface area (Å²) in [6.45, 7) is 0.911. The van der Waals surface area contributed by atoms with Crippen molar-refractivity contribution >= 4 is 44.8 Å². The van der Waals surface area contributed by atoms with E-state index in [2.05, 4.69) is 10.6 Å². The smallest absolute Gasteiger partial charge is 0.284 e. The number of hydrogen-bond donors (Lipinski definition) is 4. The standard InChI is InChI=1S/C23H23N3O5S/c27-21(15-8-9-31-13-15)25-18(10-14-4-2-1-3-5-14)22(28)24-17-6-7-19-16(11-17)12-20(32-19)23(29)26-30/h1-7,11-12,15,18,30H,8-10,13H2,(H,24,28)(H,25,27)(H,26,29). The lowest BCUT2D eigenvalue weighted by atomic mass is 10.0. The molecule has 1 aliphatic heterocycles. The number of ether oxygens (including phenoxy) is 1. The number of rotatable bonds is 7. The zero-order chi connectivity index (χ0) is 22.5. The summed E-state index contributed by atoms with van der Waals surface area (Å²) in [5.41, 5.74) is 3.10. The first kappa shape index (κ1) is 21.9. The Bertz CT molecular complexity index is 1130. The molecule has 2 heterocycles. The SMILES string of the molecule is O=C(NO)c1cc2cc(NC(=O)C(Cc3ccccc3)NC(=O)C3CCOC3)ccc2s1. The molecule has 0 bridgehead atoms. The molecule has 1 aromatic heterocycles. The van der Waals surface area contributed by atoms with E-state index in [1.807, 2.05) is 30.3 Å². The molecular weight excluding hydrogens is 430 g/mol. The minimum Gasteiger partial charge on any atom is -0.381 e. The van der Waals surface area contributed by atoms with Crippen LogP contribution >= 0.6 is 11.3 Å². The zero-order valence-corrected chi connectivity index (χ0v) is 18.0. The molecule has 32 heavy (non-hydrogen) atoms. The molecule has 0 spiro atoms. The monoisotopic (exact) mass is 453 g/mol. The molecule has 4 N–H and O–H groups in total. The highest BCUT2D eigenvalue weighted by Gasteiger charge is 2.28. The van der Waals surface area contributed by atoms with Gasteiger partial charge in [0.2, 0.25) is 11.8 Å². The molecule has 2 unspecified atom stereocenters. The maximum absolute atomic E-state index is 13.1. The first-order chi connectivity index (χ1) is 15.5. The Hall–Kier alpha value is -3.27. The molecular formula is C23H23N3O5S. The molecule has 4 rings (SSSR count). The Kier molecular flexibility index (Phi) is 6.79. The van der Waals surface area contributed by atoms with E-state index < -0.39 is 11.9 Å². The molecule has 166 valence electrons. The van der Waals surface area contributed by atoms with Crippen molar-refractivity contribution in [3.63, 3.8) is 0 Å². The van der Waals surface area contributed by atoms with Gasteiger partial charge in [-0.3, -0.25) is 19.6 Å². The fourth-order valence-electron chi connectivity index (χ4n) is 3.61. The largest absolute Gasteiger partial charge is 0.381 e. The van der Waals surface area contributed by atoms with Gasteiger partial charge in [0.15, 0.2) is 0 Å². The van der Waals surface area contributed by atoms with Gasteiger partial charge in [-0.1, -0.05) is 30.3 Å². The van der Waals surface area contributed by atoms with E-state index in [9.17, 15) is 14.4 Å². The number of carbonyl (C=O) groups is 3. The number of benzene rings is 2. The summed E-state index contributed by atoms with van der Waals surface area (Å²) in [5.74, 6) is -1.35. The van der Waals surface area contributed by atoms with Crippen molar-refractivity contribution in [2.45, 2.75) is 18.9 Å². The number of hydrogen-bond acceptors (Lipinski definition) is 6. The molecule has 1 aliphatic rings. The normalized spacial score (nSPS) is 16.5. The molecule has 9 heteroatoms. The Balaban J connectivity index is 1.51. The lowest BCUT2D eigenvalue weighted by Crippen LogP contribution is -2.47. The fraction of sp³-hybridized carbons (Fsp3) is 0.261. The summed E-state index contributed by atoms with van der Waals surface area (Å²) < 4.78 is 6.14. The Morgan fingerprint density at radius 1 is 1.12 bits per heavy atom. The van der Waals surface area contributed by atoms with Crippen molar-refractivity contribution < 1.29 is 24.3 Å². The summed E-state index contributed by atoms with van der Waals surface area (Å²) in [6.07, 6.45) is 0.998. The predicted octanol–water partition coefficient (Wildman–Crippen LogP) is 2.72. The average Bonchev–Trinajstić information content (AvgIpc) is 3.48. The van der Waals surface area contributed by atoms with Gasteiger partial charge in [-0.25, -0.2) is 5.48 Å². The average molecular weight is 454 g/mol. The van der Waals surface area contributed by atoms with Crippen molar-refractivity contribution in [1.82, 2.24) is 10.8 Å². The van der Waals surface area contributed by atoms with Crippen LogP contribution < -0.4 is 16.1 Å². The number of nitrogens with one attached hydrogen (secondary N) is 3. The Morgan fingerprint density at radius 3 is 2.66 bits per heavy atom. The van der Waals surface area contributed by atoms with Gasteiger partial charge in [0, 0.05) is 23.4 Å². The number of anilines is 1. The van der Waals surface area contributed by atoms with Crippen LogP contribution in [0.25, 0.3) is 10.1 Å². The van der Waals surface area contributed by atoms with Crippen LogP contribution in [0.2, 0.25) is 0 Å². The third-order valence-electron chi connectivity index (χ3n) is 5.33. The number of fused-ring (bicyclic) bond motifs is 1. The minimum absolute atomic E-state index is 0.188. The highest BCUT2D eigenvalue weighted by molar-refractivity contribution is 7.20. The van der Waals surface area contributed by atoms with Crippen molar-refractivity contribution in [2.24, 2.45) is 5.92 Å². The van der Waals surface area contributed by atoms with Gasteiger partial charge < -0.3 is 15.4 Å². The molecule has 3 aromatic rings. The Morgan fingerprint density at radius 2 is 1.94 bits per heavy atom. The summed E-state index contributed by atoms with van der Waals surface area (Å²) in [7, 11) is 0. The molecule has 3 amide bonds. The van der Waals surface area contributed by atoms with E-state index >= 15 is 0 Å². The molecule has 0 aliphatic carbocycles. The number of carbonyl (C=O) groups excluding carboxylic acids is 3. The molecule has 0 radical (unpaired) electrons. The van der Waals surface area contributed by atoms with Crippen LogP contribution in [0.1, 0.15) is 21.7 Å². The molecule has 0 saturated carbocycles. The van der Waals surface area contributed by atoms with Gasteiger partial charge in [0.1, 0.15) is 6.04 Å². The predicted molar refractivity (Wildman–Crippen MR) is 121 cm³/mol. The van der Waals surface area contributed by atoms with Gasteiger partial charge in [-0.2, -0.15) is 0 Å². The zero-order valence-electron chi connectivity index (χ0n) is 17.2. The van der Waals surface area contributed by atoms with E-state index in [1.165, 1.54) is 11.3 Å². The second-order valence-corrected chi connectivity index (χ2v) is 8.69. The van der Waals surface area contributed by atoms with Crippen molar-refractivity contribution in [3.05, 3.63) is 65.0 Å². The van der Waals surface area contributed by atoms with E-state index in [4.69, 9.17) is 9.94 Å². The van der Waals surface area contributed by atoms with Crippen LogP contribution in [0.15, 0.2) is 54.6 Å². The van der Waals surface area contributed by atoms with Crippen LogP contribution in [-0.4, -0.2) is 42.2 Å². The summed E-state index contributed by atoms with van der Waals surface area (Å²) in [5, 5.41) is 15.3. The summed E-state index contributed by atoms with van der Waals surface area (Å²) >= 11 is 1.23. The molecule has 2 aromatic carbocycles. The second-order valence-electron chi connectivity index (χ2n) is 7.60. The fourth-order valence-corrected chi connectivity index (χ4v) is 4.54. The third kappa shape index (κ3) is 5.13. The first-order valence-corrected chi connectivity index (χ1v) is 11.1. The molecule has 1 fully saturated rings. The van der Waals surface area contributed by atoms with Gasteiger partial charge in [0.25, 0.3) is 5.91 Å². The van der Waals surface area contributed by atoms with E-state index in [1.54, 1.807) is 29.7 Å². The maximum Gasteiger partial charge on any atom is 0.284 e. The van der Waals surface area contributed by atoms with E-state index in [0.29, 0.717) is 36.6 Å². The summed E-state index contributed by atoms with van der Waals surface area (Å²) in [6, 6.07) is 15.7. The van der Waals surface area contributed by atoms with Crippen molar-refractivity contribution in [3.8, 4) is 0 Å². The number of hydroxylamine groups is 1. The summed E-state index contributed by atoms with van der Waals surface area (Å²) in [4.78, 5) is 37.8. The minimum atomic E-state index is -0.751. The van der Waals surface area contributed by atoms with Crippen LogP contribution in [-0.2, 0) is 20.7 Å². The second kappa shape index (κ2) is 9.90. The Labute approximate surface area is 188 Å². The van der Waals surface area contributed by atoms with Gasteiger partial charge in [0.05, 0.1) is 17.4 Å². The molecule has 8 nitrogen and oxygen atoms in total. The van der Waals surface area contributed by atoms with Crippen molar-refractivity contribution in [2.75, 3.05) is 18.5 Å². The lowest BCUT2D eigenvalue weighted by molar-refractivity contribution is -0.129. The van der Waals surface area contributed by atoms with Gasteiger partial charge in [-0.15, -0.1) is 11.3 Å². The third-order valence-corrected chi connectivity index (χ3v) is 6.44. The van der Waals surface area contributed by atoms with Crippen LogP contribution in [0.4, 0.5) is 5.69 Å². The van der Waals surface area contributed by atoms with Crippen LogP contribution in [0.3, 0.4) is 0 Å². The lowest BCUT2D eigenvalue weighted by Gasteiger charge is -2.20. The van der Waals surface area contributed by atoms with E-state index in [0.717, 1.165) is 15.6 Å². The highest BCUT2D eigenvalue weighted by atomic mass is 32.1. The highest BCUT2D eigenvalue weighted by Crippen LogP contribution is 2.28. The molecule has 1 saturated heterocycles. The van der Waals surface area contributed by atoms with E-state index in [-0.39, 0.29) is 17.7 Å². The topological polar surface area (TPSA) is 117 Å². The number of thiophene rings is 1. The maximum atomic E-state index is 13.1. The van der Waals surface area contributed by atoms with Gasteiger partial charge in [-0.05, 0) is 41.6 Å². The van der Waals surface area contributed by atoms with Crippen LogP contribution in [0, 0.1) is 5.92 Å². The van der Waals surface area contributed by atoms with Gasteiger partial charge >= 0.3 is 0 Å². The quantitative estimate of drug-likeness (QED) is 0.324. The van der Waals surface area contributed by atoms with Crippen LogP contribution in [0.5, 0.6) is 0 Å². The van der Waals surface area contributed by atoms with Crippen molar-refractivity contribution in [1.29, 1.82) is 0 Å². The first-order valence-electron chi connectivity index (χ1n) is 10.2. The number of amides is 3. The molecule has 2 atom stereocenters.